The maximum Gasteiger partial charge on any atom is 0.411 e. The lowest BCUT2D eigenvalue weighted by Crippen LogP contribution is -2.36. The molecule has 2 aromatic carbocycles. The second kappa shape index (κ2) is 14.1. The van der Waals surface area contributed by atoms with E-state index in [9.17, 15) is 9.59 Å². The number of benzene rings is 2. The summed E-state index contributed by atoms with van der Waals surface area (Å²) in [7, 11) is 1.65. The summed E-state index contributed by atoms with van der Waals surface area (Å²) in [5.41, 5.74) is 2.28. The van der Waals surface area contributed by atoms with E-state index in [4.69, 9.17) is 9.47 Å². The van der Waals surface area contributed by atoms with Gasteiger partial charge in [0.1, 0.15) is 5.75 Å². The monoisotopic (exact) mass is 440 g/mol. The third kappa shape index (κ3) is 9.00. The van der Waals surface area contributed by atoms with Crippen LogP contribution in [0.5, 0.6) is 5.75 Å². The summed E-state index contributed by atoms with van der Waals surface area (Å²) in [6.07, 6.45) is 6.25. The summed E-state index contributed by atoms with van der Waals surface area (Å²) in [5.74, 6) is 0.692. The average molecular weight is 441 g/mol. The van der Waals surface area contributed by atoms with Crippen LogP contribution in [0.1, 0.15) is 68.3 Å². The fourth-order valence-corrected chi connectivity index (χ4v) is 3.40. The minimum absolute atomic E-state index is 0.0328. The molecule has 0 spiro atoms. The van der Waals surface area contributed by atoms with Crippen molar-refractivity contribution in [3.05, 3.63) is 59.7 Å². The molecule has 0 unspecified atom stereocenters. The zero-order valence-corrected chi connectivity index (χ0v) is 19.5. The van der Waals surface area contributed by atoms with Gasteiger partial charge in [0.25, 0.3) is 5.91 Å². The minimum atomic E-state index is -0.476. The summed E-state index contributed by atoms with van der Waals surface area (Å²) in [4.78, 5) is 24.7. The van der Waals surface area contributed by atoms with Crippen molar-refractivity contribution >= 4 is 17.7 Å². The van der Waals surface area contributed by atoms with Crippen LogP contribution in [-0.2, 0) is 11.2 Å². The molecule has 1 atom stereocenters. The Bertz CT molecular complexity index is 836. The Hall–Kier alpha value is -3.02. The molecule has 2 rings (SSSR count). The van der Waals surface area contributed by atoms with E-state index >= 15 is 0 Å². The van der Waals surface area contributed by atoms with Crippen LogP contribution in [0.4, 0.5) is 10.5 Å². The summed E-state index contributed by atoms with van der Waals surface area (Å²) < 4.78 is 10.5. The molecular formula is C26H36N2O4. The Kier molecular flexibility index (Phi) is 11.1. The van der Waals surface area contributed by atoms with Crippen molar-refractivity contribution < 1.29 is 19.1 Å². The van der Waals surface area contributed by atoms with E-state index in [1.165, 1.54) is 0 Å². The molecule has 6 heteroatoms. The van der Waals surface area contributed by atoms with E-state index in [-0.39, 0.29) is 11.9 Å². The molecule has 0 saturated carbocycles. The number of anilines is 1. The van der Waals surface area contributed by atoms with Crippen molar-refractivity contribution in [2.45, 2.75) is 64.8 Å². The first-order chi connectivity index (χ1) is 15.5. The topological polar surface area (TPSA) is 76.7 Å². The highest BCUT2D eigenvalue weighted by Gasteiger charge is 2.15. The normalized spacial score (nSPS) is 11.5. The van der Waals surface area contributed by atoms with Gasteiger partial charge in [0, 0.05) is 17.3 Å². The van der Waals surface area contributed by atoms with Gasteiger partial charge in [0.15, 0.2) is 0 Å². The van der Waals surface area contributed by atoms with Gasteiger partial charge in [0.05, 0.1) is 13.7 Å². The van der Waals surface area contributed by atoms with Gasteiger partial charge in [-0.05, 0) is 61.2 Å². The second-order valence-corrected chi connectivity index (χ2v) is 7.91. The molecular weight excluding hydrogens is 404 g/mol. The highest BCUT2D eigenvalue weighted by Crippen LogP contribution is 2.17. The van der Waals surface area contributed by atoms with Gasteiger partial charge >= 0.3 is 6.09 Å². The van der Waals surface area contributed by atoms with Crippen LogP contribution in [0.2, 0.25) is 0 Å². The van der Waals surface area contributed by atoms with Crippen LogP contribution in [0.25, 0.3) is 0 Å². The summed E-state index contributed by atoms with van der Waals surface area (Å²) in [5, 5.41) is 5.85. The van der Waals surface area contributed by atoms with E-state index in [0.29, 0.717) is 17.9 Å². The quantitative estimate of drug-likeness (QED) is 0.377. The highest BCUT2D eigenvalue weighted by atomic mass is 16.5. The molecule has 2 N–H and O–H groups in total. The predicted octanol–water partition coefficient (Wildman–Crippen LogP) is 5.97. The van der Waals surface area contributed by atoms with E-state index < -0.39 is 6.09 Å². The summed E-state index contributed by atoms with van der Waals surface area (Å²) in [6.45, 7) is 4.65. The molecule has 0 heterocycles. The number of hydrogen-bond donors (Lipinski definition) is 2. The summed E-state index contributed by atoms with van der Waals surface area (Å²) in [6, 6.07) is 14.8. The number of unbranched alkanes of at least 4 members (excludes halogenated alkanes) is 3. The summed E-state index contributed by atoms with van der Waals surface area (Å²) >= 11 is 0. The lowest BCUT2D eigenvalue weighted by molar-refractivity contribution is 0.0934. The fraction of sp³-hybridized carbons (Fsp3) is 0.462. The van der Waals surface area contributed by atoms with Crippen molar-refractivity contribution in [1.82, 2.24) is 5.32 Å². The zero-order valence-electron chi connectivity index (χ0n) is 19.5. The van der Waals surface area contributed by atoms with Gasteiger partial charge in [-0.15, -0.1) is 0 Å². The van der Waals surface area contributed by atoms with Gasteiger partial charge < -0.3 is 14.8 Å². The number of carbonyl (C=O) groups is 2. The van der Waals surface area contributed by atoms with Gasteiger partial charge in [-0.2, -0.15) is 0 Å². The predicted molar refractivity (Wildman–Crippen MR) is 128 cm³/mol. The Morgan fingerprint density at radius 1 is 0.969 bits per heavy atom. The molecule has 0 aliphatic carbocycles. The first kappa shape index (κ1) is 25.2. The number of carbonyl (C=O) groups excluding carboxylic acids is 2. The molecule has 0 radical (unpaired) electrons. The largest absolute Gasteiger partial charge is 0.497 e. The number of ether oxygens (including phenoxy) is 2. The molecule has 0 bridgehead atoms. The Balaban J connectivity index is 1.93. The standard InChI is InChI=1S/C26H36N2O4/c1-4-6-8-17-32-26(30)28-22-15-13-21(14-16-22)25(29)27-23(11-7-5-2)18-20-10-9-12-24(19-20)31-3/h9-10,12-16,19,23H,4-8,11,17-18H2,1-3H3,(H,27,29)(H,28,30)/t23-/m0/s1. The van der Waals surface area contributed by atoms with Crippen molar-refractivity contribution in [2.75, 3.05) is 19.0 Å². The van der Waals surface area contributed by atoms with Crippen molar-refractivity contribution in [1.29, 1.82) is 0 Å². The second-order valence-electron chi connectivity index (χ2n) is 7.91. The highest BCUT2D eigenvalue weighted by molar-refractivity contribution is 5.95. The lowest BCUT2D eigenvalue weighted by atomic mass is 10.00. The Morgan fingerprint density at radius 3 is 2.41 bits per heavy atom. The van der Waals surface area contributed by atoms with Gasteiger partial charge in [-0.1, -0.05) is 51.7 Å². The third-order valence-electron chi connectivity index (χ3n) is 5.23. The number of hydrogen-bond acceptors (Lipinski definition) is 4. The third-order valence-corrected chi connectivity index (χ3v) is 5.23. The molecule has 174 valence electrons. The molecule has 0 aromatic heterocycles. The smallest absolute Gasteiger partial charge is 0.411 e. The fourth-order valence-electron chi connectivity index (χ4n) is 3.40. The van der Waals surface area contributed by atoms with Gasteiger partial charge in [-0.3, -0.25) is 10.1 Å². The number of nitrogens with one attached hydrogen (secondary N) is 2. The first-order valence-electron chi connectivity index (χ1n) is 11.5. The maximum absolute atomic E-state index is 12.8. The minimum Gasteiger partial charge on any atom is -0.497 e. The number of amides is 2. The SMILES string of the molecule is CCCCCOC(=O)Nc1ccc(C(=O)N[C@@H](CCCC)Cc2cccc(OC)c2)cc1. The van der Waals surface area contributed by atoms with Crippen LogP contribution in [0, 0.1) is 0 Å². The Labute approximate surface area is 191 Å². The van der Waals surface area contributed by atoms with Crippen molar-refractivity contribution in [3.63, 3.8) is 0 Å². The maximum atomic E-state index is 12.8. The van der Waals surface area contributed by atoms with E-state index in [1.54, 1.807) is 31.4 Å². The van der Waals surface area contributed by atoms with Gasteiger partial charge in [0.2, 0.25) is 0 Å². The van der Waals surface area contributed by atoms with E-state index in [0.717, 1.165) is 56.3 Å². The van der Waals surface area contributed by atoms with Crippen LogP contribution in [0.15, 0.2) is 48.5 Å². The number of methoxy groups -OCH3 is 1. The molecule has 0 aliphatic heterocycles. The molecule has 0 saturated heterocycles. The molecule has 2 aromatic rings. The Morgan fingerprint density at radius 2 is 1.72 bits per heavy atom. The molecule has 6 nitrogen and oxygen atoms in total. The van der Waals surface area contributed by atoms with E-state index in [2.05, 4.69) is 30.5 Å². The molecule has 0 aliphatic rings. The van der Waals surface area contributed by atoms with Crippen molar-refractivity contribution in [3.8, 4) is 5.75 Å². The zero-order chi connectivity index (χ0) is 23.2. The van der Waals surface area contributed by atoms with Gasteiger partial charge in [-0.25, -0.2) is 4.79 Å². The van der Waals surface area contributed by atoms with Crippen LogP contribution in [0.3, 0.4) is 0 Å². The van der Waals surface area contributed by atoms with E-state index in [1.807, 2.05) is 18.2 Å². The molecule has 32 heavy (non-hydrogen) atoms. The average Bonchev–Trinajstić information content (AvgIpc) is 2.81. The van der Waals surface area contributed by atoms with Crippen molar-refractivity contribution in [2.24, 2.45) is 0 Å². The van der Waals surface area contributed by atoms with Crippen LogP contribution >= 0.6 is 0 Å². The first-order valence-corrected chi connectivity index (χ1v) is 11.5. The molecule has 0 fully saturated rings. The molecule has 2 amide bonds. The van der Waals surface area contributed by atoms with Crippen LogP contribution < -0.4 is 15.4 Å². The van der Waals surface area contributed by atoms with Crippen LogP contribution in [-0.4, -0.2) is 31.8 Å². The number of rotatable bonds is 13. The lowest BCUT2D eigenvalue weighted by Gasteiger charge is -2.19.